The molecule has 1 heterocycles. The second-order valence-corrected chi connectivity index (χ2v) is 9.10. The molecule has 144 valence electrons. The number of rotatable bonds is 6. The number of aliphatic hydroxyl groups is 1. The number of benzene rings is 1. The maximum absolute atomic E-state index is 10.3. The summed E-state index contributed by atoms with van der Waals surface area (Å²) in [6, 6.07) is 12.8. The highest BCUT2D eigenvalue weighted by molar-refractivity contribution is 7.17. The number of thiophene rings is 1. The summed E-state index contributed by atoms with van der Waals surface area (Å²) in [6.07, 6.45) is 4.95. The highest BCUT2D eigenvalue weighted by atomic mass is 32.1. The van der Waals surface area contributed by atoms with E-state index < -0.39 is 0 Å². The van der Waals surface area contributed by atoms with Crippen molar-refractivity contribution in [2.45, 2.75) is 52.5 Å². The maximum atomic E-state index is 10.3. The first-order chi connectivity index (χ1) is 12.9. The van der Waals surface area contributed by atoms with Crippen LogP contribution in [-0.4, -0.2) is 11.1 Å². The molecule has 0 atom stereocenters. The molecule has 1 aromatic heterocycles. The SMILES string of the molecule is C=C(O)c1sc(-c2ccccc2)cc1N(C(=C)C1CCC(C)CC1)C(C)C. The number of aliphatic hydroxyl groups excluding tert-OH is 1. The Hall–Kier alpha value is -2.00. The van der Waals surface area contributed by atoms with Gasteiger partial charge in [-0.3, -0.25) is 0 Å². The van der Waals surface area contributed by atoms with Crippen LogP contribution in [0.25, 0.3) is 16.2 Å². The van der Waals surface area contributed by atoms with Crippen LogP contribution in [0.4, 0.5) is 5.69 Å². The zero-order valence-electron chi connectivity index (χ0n) is 16.7. The van der Waals surface area contributed by atoms with Gasteiger partial charge < -0.3 is 10.0 Å². The second-order valence-electron chi connectivity index (χ2n) is 8.05. The second kappa shape index (κ2) is 8.35. The van der Waals surface area contributed by atoms with E-state index in [2.05, 4.69) is 57.0 Å². The van der Waals surface area contributed by atoms with Crippen LogP contribution in [0.3, 0.4) is 0 Å². The fourth-order valence-corrected chi connectivity index (χ4v) is 5.09. The summed E-state index contributed by atoms with van der Waals surface area (Å²) in [6.45, 7) is 15.1. The van der Waals surface area contributed by atoms with Crippen molar-refractivity contribution in [2.75, 3.05) is 4.90 Å². The molecule has 0 saturated heterocycles. The zero-order chi connectivity index (χ0) is 19.6. The van der Waals surface area contributed by atoms with Crippen LogP contribution in [0.15, 0.2) is 55.3 Å². The van der Waals surface area contributed by atoms with Gasteiger partial charge >= 0.3 is 0 Å². The Labute approximate surface area is 167 Å². The molecule has 1 fully saturated rings. The summed E-state index contributed by atoms with van der Waals surface area (Å²) in [5, 5.41) is 10.3. The Morgan fingerprint density at radius 1 is 1.11 bits per heavy atom. The predicted molar refractivity (Wildman–Crippen MR) is 119 cm³/mol. The Morgan fingerprint density at radius 3 is 2.30 bits per heavy atom. The van der Waals surface area contributed by atoms with E-state index in [1.54, 1.807) is 11.3 Å². The Bertz CT molecular complexity index is 797. The van der Waals surface area contributed by atoms with Crippen LogP contribution in [0.5, 0.6) is 0 Å². The minimum absolute atomic E-state index is 0.132. The van der Waals surface area contributed by atoms with Gasteiger partial charge in [0.25, 0.3) is 0 Å². The van der Waals surface area contributed by atoms with Gasteiger partial charge in [-0.2, -0.15) is 0 Å². The zero-order valence-corrected chi connectivity index (χ0v) is 17.6. The Morgan fingerprint density at radius 2 is 1.74 bits per heavy atom. The Balaban J connectivity index is 1.98. The fourth-order valence-electron chi connectivity index (χ4n) is 4.07. The molecule has 27 heavy (non-hydrogen) atoms. The third kappa shape index (κ3) is 4.30. The molecule has 0 spiro atoms. The van der Waals surface area contributed by atoms with Crippen molar-refractivity contribution in [3.63, 3.8) is 0 Å². The van der Waals surface area contributed by atoms with Gasteiger partial charge in [0.15, 0.2) is 0 Å². The number of allylic oxidation sites excluding steroid dienone is 1. The molecule has 1 saturated carbocycles. The van der Waals surface area contributed by atoms with Crippen molar-refractivity contribution >= 4 is 22.8 Å². The van der Waals surface area contributed by atoms with E-state index in [1.807, 2.05) is 18.2 Å². The number of hydrogen-bond acceptors (Lipinski definition) is 3. The van der Waals surface area contributed by atoms with Gasteiger partial charge in [-0.15, -0.1) is 11.3 Å². The standard InChI is InChI=1S/C24H31NOS/c1-16(2)25(18(4)20-13-11-17(3)12-14-20)22-15-23(27-24(22)19(5)26)21-9-7-6-8-10-21/h6-10,15-17,20,26H,4-5,11-14H2,1-3H3. The van der Waals surface area contributed by atoms with E-state index in [-0.39, 0.29) is 11.8 Å². The molecule has 1 N–H and O–H groups in total. The molecule has 1 aliphatic rings. The fraction of sp³-hybridized carbons (Fsp3) is 0.417. The molecule has 2 nitrogen and oxygen atoms in total. The van der Waals surface area contributed by atoms with Crippen LogP contribution in [0, 0.1) is 11.8 Å². The first kappa shape index (κ1) is 19.8. The van der Waals surface area contributed by atoms with E-state index in [9.17, 15) is 5.11 Å². The largest absolute Gasteiger partial charge is 0.507 e. The summed E-state index contributed by atoms with van der Waals surface area (Å²) in [5.74, 6) is 1.47. The lowest BCUT2D eigenvalue weighted by Crippen LogP contribution is -2.34. The van der Waals surface area contributed by atoms with Gasteiger partial charge in [-0.1, -0.05) is 63.3 Å². The summed E-state index contributed by atoms with van der Waals surface area (Å²) in [5.41, 5.74) is 3.37. The molecule has 0 amide bonds. The van der Waals surface area contributed by atoms with Crippen molar-refractivity contribution in [2.24, 2.45) is 11.8 Å². The molecule has 3 heteroatoms. The van der Waals surface area contributed by atoms with E-state index >= 15 is 0 Å². The van der Waals surface area contributed by atoms with Crippen LogP contribution in [0.2, 0.25) is 0 Å². The van der Waals surface area contributed by atoms with Crippen molar-refractivity contribution in [1.82, 2.24) is 0 Å². The summed E-state index contributed by atoms with van der Waals surface area (Å²) >= 11 is 1.60. The first-order valence-electron chi connectivity index (χ1n) is 9.94. The number of hydrogen-bond donors (Lipinski definition) is 1. The van der Waals surface area contributed by atoms with Crippen LogP contribution >= 0.6 is 11.3 Å². The average molecular weight is 382 g/mol. The van der Waals surface area contributed by atoms with Gasteiger partial charge in [-0.05, 0) is 50.2 Å². The topological polar surface area (TPSA) is 23.5 Å². The van der Waals surface area contributed by atoms with Crippen molar-refractivity contribution in [3.8, 4) is 10.4 Å². The third-order valence-corrected chi connectivity index (χ3v) is 6.83. The monoisotopic (exact) mass is 381 g/mol. The normalized spacial score (nSPS) is 19.9. The summed E-state index contributed by atoms with van der Waals surface area (Å²) < 4.78 is 0. The Kier molecular flexibility index (Phi) is 6.11. The number of anilines is 1. The third-order valence-electron chi connectivity index (χ3n) is 5.61. The molecule has 3 rings (SSSR count). The molecular weight excluding hydrogens is 350 g/mol. The number of nitrogens with zero attached hydrogens (tertiary/aromatic N) is 1. The lowest BCUT2D eigenvalue weighted by Gasteiger charge is -2.37. The molecule has 0 radical (unpaired) electrons. The minimum atomic E-state index is 0.132. The van der Waals surface area contributed by atoms with Gasteiger partial charge in [0.2, 0.25) is 0 Å². The van der Waals surface area contributed by atoms with Gasteiger partial charge in [0, 0.05) is 16.6 Å². The molecule has 2 aromatic rings. The molecule has 0 aliphatic heterocycles. The summed E-state index contributed by atoms with van der Waals surface area (Å²) in [7, 11) is 0. The van der Waals surface area contributed by atoms with Crippen molar-refractivity contribution < 1.29 is 5.11 Å². The summed E-state index contributed by atoms with van der Waals surface area (Å²) in [4.78, 5) is 4.31. The van der Waals surface area contributed by atoms with Crippen molar-refractivity contribution in [3.05, 3.63) is 60.1 Å². The average Bonchev–Trinajstić information content (AvgIpc) is 3.08. The lowest BCUT2D eigenvalue weighted by molar-refractivity contribution is 0.315. The first-order valence-corrected chi connectivity index (χ1v) is 10.8. The van der Waals surface area contributed by atoms with E-state index in [0.717, 1.165) is 26.9 Å². The molecular formula is C24H31NOS. The molecule has 1 aromatic carbocycles. The quantitative estimate of drug-likeness (QED) is 0.524. The maximum Gasteiger partial charge on any atom is 0.127 e. The smallest absolute Gasteiger partial charge is 0.127 e. The lowest BCUT2D eigenvalue weighted by atomic mass is 9.81. The predicted octanol–water partition coefficient (Wildman–Crippen LogP) is 7.50. The van der Waals surface area contributed by atoms with Crippen LogP contribution < -0.4 is 4.90 Å². The van der Waals surface area contributed by atoms with E-state index in [1.165, 1.54) is 31.4 Å². The molecule has 0 bridgehead atoms. The van der Waals surface area contributed by atoms with Gasteiger partial charge in [0.1, 0.15) is 5.76 Å². The highest BCUT2D eigenvalue weighted by Gasteiger charge is 2.28. The van der Waals surface area contributed by atoms with Gasteiger partial charge in [-0.25, -0.2) is 0 Å². The van der Waals surface area contributed by atoms with Gasteiger partial charge in [0.05, 0.1) is 10.6 Å². The highest BCUT2D eigenvalue weighted by Crippen LogP contribution is 2.44. The minimum Gasteiger partial charge on any atom is -0.507 e. The molecule has 1 aliphatic carbocycles. The van der Waals surface area contributed by atoms with Crippen molar-refractivity contribution in [1.29, 1.82) is 0 Å². The van der Waals surface area contributed by atoms with Crippen LogP contribution in [-0.2, 0) is 0 Å². The molecule has 0 unspecified atom stereocenters. The van der Waals surface area contributed by atoms with E-state index in [0.29, 0.717) is 5.92 Å². The van der Waals surface area contributed by atoms with Crippen LogP contribution in [0.1, 0.15) is 51.3 Å². The van der Waals surface area contributed by atoms with E-state index in [4.69, 9.17) is 0 Å².